The lowest BCUT2D eigenvalue weighted by Crippen LogP contribution is -2.70. The fraction of sp³-hybridized carbons (Fsp3) is 1.00. The fourth-order valence-electron chi connectivity index (χ4n) is 6.06. The van der Waals surface area contributed by atoms with E-state index in [2.05, 4.69) is 10.6 Å². The van der Waals surface area contributed by atoms with E-state index in [1.807, 2.05) is 0 Å². The van der Waals surface area contributed by atoms with Crippen LogP contribution in [-0.2, 0) is 23.7 Å². The lowest BCUT2D eigenvalue weighted by atomic mass is 9.88. The Hall–Kier alpha value is -0.640. The summed E-state index contributed by atoms with van der Waals surface area (Å²) in [6.07, 6.45) is -7.50. The van der Waals surface area contributed by atoms with Gasteiger partial charge in [0, 0.05) is 31.2 Å². The topological polar surface area (TPSA) is 281 Å². The van der Waals surface area contributed by atoms with Gasteiger partial charge in [0.2, 0.25) is 0 Å². The first-order valence-electron chi connectivity index (χ1n) is 14.1. The van der Waals surface area contributed by atoms with Gasteiger partial charge in [-0.05, 0) is 32.7 Å². The molecule has 1 aliphatic carbocycles. The zero-order chi connectivity index (χ0) is 29.1. The minimum absolute atomic E-state index is 0.0402. The second-order valence-electron chi connectivity index (χ2n) is 11.3. The van der Waals surface area contributed by atoms with Crippen molar-refractivity contribution in [2.45, 2.75) is 124 Å². The van der Waals surface area contributed by atoms with Crippen molar-refractivity contribution in [3.63, 3.8) is 0 Å². The quantitative estimate of drug-likeness (QED) is 0.115. The Bertz CT molecular complexity index is 785. The number of likely N-dealkylation sites (N-methyl/N-ethyl adjacent to an activating group) is 1. The lowest BCUT2D eigenvalue weighted by molar-refractivity contribution is -0.372. The number of rotatable bonds is 10. The smallest absolute Gasteiger partial charge is 0.189 e. The van der Waals surface area contributed by atoms with Crippen molar-refractivity contribution in [2.24, 2.45) is 28.7 Å². The molecule has 234 valence electrons. The highest BCUT2D eigenvalue weighted by atomic mass is 16.8. The van der Waals surface area contributed by atoms with Crippen molar-refractivity contribution in [3.05, 3.63) is 0 Å². The Balaban J connectivity index is 1.40. The minimum atomic E-state index is -1.51. The predicted octanol–water partition coefficient (Wildman–Crippen LogP) is -5.97. The molecule has 4 fully saturated rings. The SMILES string of the molecule is CNC1C(O[C@H]2OC(CO)[C@@H](NC(CN)CN)[C@H](O)C2O)O[C@H]2CC(N)[C@@H](O[C@H]3CC[C@H](N)CC3N)OC2C1O. The van der Waals surface area contributed by atoms with Crippen molar-refractivity contribution in [3.8, 4) is 0 Å². The molecular weight excluding hydrogens is 530 g/mol. The third-order valence-corrected chi connectivity index (χ3v) is 8.49. The summed E-state index contributed by atoms with van der Waals surface area (Å²) in [7, 11) is 1.62. The highest BCUT2D eigenvalue weighted by Crippen LogP contribution is 2.35. The van der Waals surface area contributed by atoms with Crippen LogP contribution in [0.5, 0.6) is 0 Å². The van der Waals surface area contributed by atoms with Crippen LogP contribution in [0.15, 0.2) is 0 Å². The highest BCUT2D eigenvalue weighted by Gasteiger charge is 2.53. The molecule has 0 amide bonds. The number of hydrogen-bond donors (Lipinski definition) is 11. The Morgan fingerprint density at radius 2 is 1.55 bits per heavy atom. The molecule has 0 radical (unpaired) electrons. The van der Waals surface area contributed by atoms with E-state index in [1.54, 1.807) is 7.05 Å². The molecule has 8 unspecified atom stereocenters. The Labute approximate surface area is 234 Å². The molecule has 16 N–H and O–H groups in total. The monoisotopic (exact) mass is 579 g/mol. The molecule has 16 heteroatoms. The van der Waals surface area contributed by atoms with E-state index in [0.717, 1.165) is 6.42 Å². The van der Waals surface area contributed by atoms with Gasteiger partial charge in [-0.15, -0.1) is 0 Å². The molecular formula is C24H49N7O9. The molecule has 0 aromatic rings. The molecule has 0 aromatic heterocycles. The van der Waals surface area contributed by atoms with Gasteiger partial charge in [-0.1, -0.05) is 0 Å². The number of hydrogen-bond acceptors (Lipinski definition) is 16. The number of nitrogens with two attached hydrogens (primary N) is 5. The van der Waals surface area contributed by atoms with Gasteiger partial charge in [-0.3, -0.25) is 0 Å². The van der Waals surface area contributed by atoms with Crippen LogP contribution in [-0.4, -0.2) is 145 Å². The lowest BCUT2D eigenvalue weighted by Gasteiger charge is -2.51. The van der Waals surface area contributed by atoms with Gasteiger partial charge in [-0.2, -0.15) is 0 Å². The molecule has 16 nitrogen and oxygen atoms in total. The average molecular weight is 580 g/mol. The molecule has 3 saturated heterocycles. The number of aliphatic hydroxyl groups is 4. The highest BCUT2D eigenvalue weighted by molar-refractivity contribution is 5.00. The summed E-state index contributed by atoms with van der Waals surface area (Å²) in [5.41, 5.74) is 30.0. The average Bonchev–Trinajstić information content (AvgIpc) is 2.93. The summed E-state index contributed by atoms with van der Waals surface area (Å²) in [5, 5.41) is 48.9. The summed E-state index contributed by atoms with van der Waals surface area (Å²) in [4.78, 5) is 0. The molecule has 1 saturated carbocycles. The second-order valence-corrected chi connectivity index (χ2v) is 11.3. The Morgan fingerprint density at radius 3 is 2.17 bits per heavy atom. The van der Waals surface area contributed by atoms with Gasteiger partial charge in [0.25, 0.3) is 0 Å². The van der Waals surface area contributed by atoms with Crippen molar-refractivity contribution in [2.75, 3.05) is 26.7 Å². The van der Waals surface area contributed by atoms with E-state index in [1.165, 1.54) is 0 Å². The van der Waals surface area contributed by atoms with Gasteiger partial charge in [0.1, 0.15) is 30.5 Å². The molecule has 4 aliphatic rings. The number of nitrogens with one attached hydrogen (secondary N) is 2. The number of ether oxygens (including phenoxy) is 5. The van der Waals surface area contributed by atoms with E-state index >= 15 is 0 Å². The maximum Gasteiger partial charge on any atom is 0.189 e. The van der Waals surface area contributed by atoms with Crippen molar-refractivity contribution in [1.29, 1.82) is 0 Å². The maximum absolute atomic E-state index is 11.3. The van der Waals surface area contributed by atoms with Crippen LogP contribution >= 0.6 is 0 Å². The van der Waals surface area contributed by atoms with E-state index in [-0.39, 0.29) is 37.3 Å². The number of fused-ring (bicyclic) bond motifs is 1. The van der Waals surface area contributed by atoms with Crippen molar-refractivity contribution >= 4 is 0 Å². The minimum Gasteiger partial charge on any atom is -0.394 e. The fourth-order valence-corrected chi connectivity index (χ4v) is 6.06. The van der Waals surface area contributed by atoms with Crippen LogP contribution in [0.3, 0.4) is 0 Å². The third-order valence-electron chi connectivity index (χ3n) is 8.49. The van der Waals surface area contributed by atoms with Crippen LogP contribution < -0.4 is 39.3 Å². The normalized spacial score (nSPS) is 48.2. The summed E-state index contributed by atoms with van der Waals surface area (Å²) >= 11 is 0. The first-order chi connectivity index (χ1) is 19.1. The Kier molecular flexibility index (Phi) is 11.5. The van der Waals surface area contributed by atoms with Crippen LogP contribution in [0.4, 0.5) is 0 Å². The maximum atomic E-state index is 11.3. The zero-order valence-corrected chi connectivity index (χ0v) is 22.9. The molecule has 3 heterocycles. The van der Waals surface area contributed by atoms with Crippen LogP contribution in [0.25, 0.3) is 0 Å². The van der Waals surface area contributed by atoms with Gasteiger partial charge in [0.15, 0.2) is 18.9 Å². The molecule has 15 atom stereocenters. The number of aliphatic hydroxyl groups excluding tert-OH is 4. The summed E-state index contributed by atoms with van der Waals surface area (Å²) in [6.45, 7) is -0.101. The van der Waals surface area contributed by atoms with Crippen LogP contribution in [0.2, 0.25) is 0 Å². The van der Waals surface area contributed by atoms with Gasteiger partial charge < -0.3 is 83.4 Å². The summed E-state index contributed by atoms with van der Waals surface area (Å²) in [6, 6.07) is -2.78. The van der Waals surface area contributed by atoms with Crippen molar-refractivity contribution < 1.29 is 44.1 Å². The van der Waals surface area contributed by atoms with E-state index in [9.17, 15) is 20.4 Å². The largest absolute Gasteiger partial charge is 0.394 e. The van der Waals surface area contributed by atoms with E-state index < -0.39 is 80.2 Å². The van der Waals surface area contributed by atoms with Gasteiger partial charge in [0.05, 0.1) is 36.9 Å². The molecule has 3 aliphatic heterocycles. The zero-order valence-electron chi connectivity index (χ0n) is 22.9. The third kappa shape index (κ3) is 6.94. The van der Waals surface area contributed by atoms with Crippen LogP contribution in [0, 0.1) is 0 Å². The molecule has 0 spiro atoms. The molecule has 0 aromatic carbocycles. The Morgan fingerprint density at radius 1 is 0.825 bits per heavy atom. The molecule has 40 heavy (non-hydrogen) atoms. The first-order valence-corrected chi connectivity index (χ1v) is 14.1. The van der Waals surface area contributed by atoms with Gasteiger partial charge >= 0.3 is 0 Å². The van der Waals surface area contributed by atoms with Crippen LogP contribution in [0.1, 0.15) is 25.7 Å². The molecule has 4 rings (SSSR count). The van der Waals surface area contributed by atoms with E-state index in [0.29, 0.717) is 19.3 Å². The second kappa shape index (κ2) is 14.2. The van der Waals surface area contributed by atoms with Gasteiger partial charge in [-0.25, -0.2) is 0 Å². The standard InChI is InChI=1S/C24H49N7O9/c1-30-17-19(34)21-14(5-12(29)22(39-21)36-13-3-2-9(27)4-11(13)28)37-23(17)40-24-20(35)18(33)16(15(8-32)38-24)31-10(6-25)7-26/h9-24,30-35H,2-8,25-29H2,1H3/t9-,11?,12?,13-,14-,15?,16+,17?,18-,19?,20?,21?,22-,23?,24+/m0/s1. The first kappa shape index (κ1) is 32.3. The summed E-state index contributed by atoms with van der Waals surface area (Å²) in [5.74, 6) is 0. The van der Waals surface area contributed by atoms with E-state index in [4.69, 9.17) is 52.4 Å². The summed E-state index contributed by atoms with van der Waals surface area (Å²) < 4.78 is 30.2. The van der Waals surface area contributed by atoms with Crippen molar-refractivity contribution in [1.82, 2.24) is 10.6 Å². The predicted molar refractivity (Wildman–Crippen MR) is 141 cm³/mol. The molecule has 0 bridgehead atoms.